The molecule has 0 aromatic carbocycles. The van der Waals surface area contributed by atoms with Crippen LogP contribution in [0, 0.1) is 16.7 Å². The van der Waals surface area contributed by atoms with Crippen molar-refractivity contribution in [1.82, 2.24) is 34.9 Å². The molecule has 2 amide bonds. The molecule has 2 aromatic rings. The van der Waals surface area contributed by atoms with E-state index in [0.29, 0.717) is 24.2 Å². The fourth-order valence-corrected chi connectivity index (χ4v) is 6.96. The second-order valence-electron chi connectivity index (χ2n) is 11.9. The Morgan fingerprint density at radius 3 is 2.00 bits per heavy atom. The second-order valence-corrected chi connectivity index (χ2v) is 11.9. The van der Waals surface area contributed by atoms with Crippen LogP contribution in [-0.4, -0.2) is 67.2 Å². The molecule has 3 saturated carbocycles. The van der Waals surface area contributed by atoms with Crippen LogP contribution in [0.2, 0.25) is 0 Å². The Hall–Kier alpha value is -2.72. The normalized spacial score (nSPS) is 25.2. The fraction of sp³-hybridized carbons (Fsp3) is 0.708. The van der Waals surface area contributed by atoms with E-state index in [1.807, 2.05) is 9.80 Å². The third-order valence-corrected chi connectivity index (χ3v) is 8.80. The predicted molar refractivity (Wildman–Crippen MR) is 117 cm³/mol. The Labute approximate surface area is 200 Å². The van der Waals surface area contributed by atoms with Gasteiger partial charge < -0.3 is 14.8 Å². The molecule has 3 aliphatic carbocycles. The maximum absolute atomic E-state index is 12.9. The Morgan fingerprint density at radius 1 is 0.914 bits per heavy atom. The molecule has 5 aliphatic rings. The molecule has 2 spiro atoms. The van der Waals surface area contributed by atoms with Crippen LogP contribution < -0.4 is 0 Å². The van der Waals surface area contributed by atoms with Crippen molar-refractivity contribution in [2.75, 3.05) is 26.2 Å². The number of likely N-dealkylation sites (tertiary alicyclic amines) is 2. The smallest absolute Gasteiger partial charge is 0.328 e. The molecular weight excluding hydrogens is 459 g/mol. The van der Waals surface area contributed by atoms with Gasteiger partial charge in [-0.15, -0.1) is 10.2 Å². The van der Waals surface area contributed by atoms with Crippen molar-refractivity contribution in [3.63, 3.8) is 0 Å². The summed E-state index contributed by atoms with van der Waals surface area (Å²) in [4.78, 5) is 27.2. The summed E-state index contributed by atoms with van der Waals surface area (Å²) in [6, 6.07) is 0.153. The first-order valence-electron chi connectivity index (χ1n) is 12.5. The van der Waals surface area contributed by atoms with Crippen molar-refractivity contribution in [3.8, 4) is 0 Å². The van der Waals surface area contributed by atoms with Gasteiger partial charge in [0.25, 0.3) is 0 Å². The number of H-pyrrole nitrogens is 1. The minimum Gasteiger partial charge on any atom is -0.328 e. The highest BCUT2D eigenvalue weighted by Crippen LogP contribution is 2.57. The minimum absolute atomic E-state index is 0.153. The fourth-order valence-electron chi connectivity index (χ4n) is 6.96. The molecule has 5 fully saturated rings. The molecule has 2 aromatic heterocycles. The number of nitrogens with one attached hydrogen (secondary N) is 1. The summed E-state index contributed by atoms with van der Waals surface area (Å²) in [6.07, 6.45) is 5.36. The number of urea groups is 1. The molecule has 186 valence electrons. The number of hydrogen-bond donors (Lipinski definition) is 1. The first-order chi connectivity index (χ1) is 16.7. The lowest BCUT2D eigenvalue weighted by Gasteiger charge is -2.63. The van der Waals surface area contributed by atoms with Crippen molar-refractivity contribution < 1.29 is 18.0 Å². The molecule has 7 rings (SSSR count). The van der Waals surface area contributed by atoms with E-state index in [1.54, 1.807) is 0 Å². The average Bonchev–Trinajstić information content (AvgIpc) is 3.44. The average molecular weight is 488 g/mol. The van der Waals surface area contributed by atoms with Crippen LogP contribution in [0.15, 0.2) is 12.4 Å². The van der Waals surface area contributed by atoms with E-state index < -0.39 is 12.0 Å². The summed E-state index contributed by atoms with van der Waals surface area (Å²) in [5.41, 5.74) is 1.20. The van der Waals surface area contributed by atoms with E-state index in [9.17, 15) is 18.0 Å². The first kappa shape index (κ1) is 21.6. The topological polar surface area (TPSA) is 90.9 Å². The van der Waals surface area contributed by atoms with Gasteiger partial charge in [-0.05, 0) is 56.4 Å². The third-order valence-electron chi connectivity index (χ3n) is 8.80. The molecule has 0 bridgehead atoms. The molecule has 11 heteroatoms. The largest absolute Gasteiger partial charge is 0.451 e. The standard InChI is InChI=1S/C24H28F3N7O/c25-24(26,27)20-28-8-15(9-29-20)3-14-4-22(5-14)10-33(11-22)21(35)34-12-23(13-34)6-17(7-23)19-30-18(31-32-19)16-1-2-16/h8-9,14,16-17H,1-7,10-13H2,(H,30,31,32). The number of aromatic amines is 1. The zero-order valence-electron chi connectivity index (χ0n) is 19.4. The molecule has 35 heavy (non-hydrogen) atoms. The molecule has 4 heterocycles. The summed E-state index contributed by atoms with van der Waals surface area (Å²) in [6.45, 7) is 3.26. The molecule has 1 N–H and O–H groups in total. The van der Waals surface area contributed by atoms with Gasteiger partial charge in [-0.2, -0.15) is 13.2 Å². The summed E-state index contributed by atoms with van der Waals surface area (Å²) < 4.78 is 37.9. The van der Waals surface area contributed by atoms with Crippen LogP contribution in [0.25, 0.3) is 0 Å². The van der Waals surface area contributed by atoms with Crippen molar-refractivity contribution in [2.24, 2.45) is 16.7 Å². The van der Waals surface area contributed by atoms with Gasteiger partial charge in [0.1, 0.15) is 11.6 Å². The van der Waals surface area contributed by atoms with E-state index in [2.05, 4.69) is 25.1 Å². The quantitative estimate of drug-likeness (QED) is 0.710. The highest BCUT2D eigenvalue weighted by Gasteiger charge is 2.58. The van der Waals surface area contributed by atoms with Crippen molar-refractivity contribution in [1.29, 1.82) is 0 Å². The van der Waals surface area contributed by atoms with E-state index in [1.165, 1.54) is 25.2 Å². The minimum atomic E-state index is -4.51. The number of nitrogens with zero attached hydrogens (tertiary/aromatic N) is 6. The van der Waals surface area contributed by atoms with E-state index in [4.69, 9.17) is 0 Å². The Morgan fingerprint density at radius 2 is 1.46 bits per heavy atom. The molecule has 8 nitrogen and oxygen atoms in total. The second kappa shape index (κ2) is 7.16. The van der Waals surface area contributed by atoms with Crippen molar-refractivity contribution in [2.45, 2.75) is 63.0 Å². The van der Waals surface area contributed by atoms with Gasteiger partial charge in [0.05, 0.1) is 0 Å². The molecular formula is C24H28F3N7O. The lowest BCUT2D eigenvalue weighted by atomic mass is 9.56. The van der Waals surface area contributed by atoms with Gasteiger partial charge >= 0.3 is 12.2 Å². The zero-order chi connectivity index (χ0) is 24.0. The Bertz CT molecular complexity index is 1130. The van der Waals surface area contributed by atoms with Crippen molar-refractivity contribution >= 4 is 6.03 Å². The van der Waals surface area contributed by atoms with Crippen LogP contribution in [0.3, 0.4) is 0 Å². The SMILES string of the molecule is O=C(N1CC2(CC(Cc3cnc(C(F)(F)F)nc3)C2)C1)N1CC2(CC(c3nnc(C4CC4)[nH]3)C2)C1. The van der Waals surface area contributed by atoms with Gasteiger partial charge in [0.2, 0.25) is 5.82 Å². The maximum Gasteiger partial charge on any atom is 0.451 e. The number of carbonyl (C=O) groups excluding carboxylic acids is 1. The van der Waals surface area contributed by atoms with E-state index in [-0.39, 0.29) is 16.9 Å². The maximum atomic E-state index is 12.9. The highest BCUT2D eigenvalue weighted by molar-refractivity contribution is 5.77. The lowest BCUT2D eigenvalue weighted by Crippen LogP contribution is -2.70. The number of aromatic nitrogens is 5. The Balaban J connectivity index is 0.840. The van der Waals surface area contributed by atoms with Crippen LogP contribution in [-0.2, 0) is 12.6 Å². The van der Waals surface area contributed by atoms with Gasteiger partial charge in [-0.25, -0.2) is 14.8 Å². The molecule has 0 atom stereocenters. The first-order valence-corrected chi connectivity index (χ1v) is 12.5. The van der Waals surface area contributed by atoms with Crippen LogP contribution in [0.1, 0.15) is 73.4 Å². The van der Waals surface area contributed by atoms with E-state index in [0.717, 1.165) is 69.1 Å². The molecule has 2 aliphatic heterocycles. The van der Waals surface area contributed by atoms with E-state index >= 15 is 0 Å². The van der Waals surface area contributed by atoms with Crippen LogP contribution in [0.4, 0.5) is 18.0 Å². The van der Waals surface area contributed by atoms with Crippen LogP contribution >= 0.6 is 0 Å². The molecule has 2 saturated heterocycles. The molecule has 0 radical (unpaired) electrons. The summed E-state index contributed by atoms with van der Waals surface area (Å²) in [5.74, 6) is 2.43. The number of alkyl halides is 3. The zero-order valence-corrected chi connectivity index (χ0v) is 19.4. The third kappa shape index (κ3) is 3.69. The Kier molecular flexibility index (Phi) is 4.41. The van der Waals surface area contributed by atoms with Gasteiger partial charge in [-0.3, -0.25) is 0 Å². The number of carbonyl (C=O) groups is 1. The molecule has 0 unspecified atom stereocenters. The highest BCUT2D eigenvalue weighted by atomic mass is 19.4. The summed E-state index contributed by atoms with van der Waals surface area (Å²) in [7, 11) is 0. The number of rotatable bonds is 4. The van der Waals surface area contributed by atoms with Gasteiger partial charge in [-0.1, -0.05) is 0 Å². The van der Waals surface area contributed by atoms with Gasteiger partial charge in [0, 0.05) is 61.2 Å². The van der Waals surface area contributed by atoms with Crippen LogP contribution in [0.5, 0.6) is 0 Å². The number of halogens is 3. The predicted octanol–water partition coefficient (Wildman–Crippen LogP) is 3.75. The van der Waals surface area contributed by atoms with Crippen molar-refractivity contribution in [3.05, 3.63) is 35.4 Å². The number of hydrogen-bond acceptors (Lipinski definition) is 5. The lowest BCUT2D eigenvalue weighted by molar-refractivity contribution is -0.145. The number of amides is 2. The summed E-state index contributed by atoms with van der Waals surface area (Å²) in [5, 5.41) is 8.66. The summed E-state index contributed by atoms with van der Waals surface area (Å²) >= 11 is 0. The monoisotopic (exact) mass is 487 g/mol. The van der Waals surface area contributed by atoms with Gasteiger partial charge in [0.15, 0.2) is 0 Å².